The Balaban J connectivity index is 1.79. The molecule has 0 aliphatic heterocycles. The van der Waals surface area contributed by atoms with Crippen molar-refractivity contribution in [2.24, 2.45) is 0 Å². The zero-order valence-electron chi connectivity index (χ0n) is 12.7. The standard InChI is InChI=1S/C18H22N2O/c1-13(17-7-3-4-11-19-17)20-18-8-5-6-14-12-15(21-2)9-10-16(14)18/h3-4,7,9-13,18,20H,5-6,8H2,1-2H3. The number of methoxy groups -OCH3 is 1. The highest BCUT2D eigenvalue weighted by molar-refractivity contribution is 5.39. The van der Waals surface area contributed by atoms with Crippen LogP contribution in [-0.4, -0.2) is 12.1 Å². The number of rotatable bonds is 4. The quantitative estimate of drug-likeness (QED) is 0.925. The van der Waals surface area contributed by atoms with Crippen molar-refractivity contribution in [3.63, 3.8) is 0 Å². The van der Waals surface area contributed by atoms with E-state index in [0.29, 0.717) is 6.04 Å². The lowest BCUT2D eigenvalue weighted by Crippen LogP contribution is -2.28. The van der Waals surface area contributed by atoms with Gasteiger partial charge >= 0.3 is 0 Å². The van der Waals surface area contributed by atoms with Gasteiger partial charge in [0, 0.05) is 18.3 Å². The Morgan fingerprint density at radius 1 is 1.29 bits per heavy atom. The molecule has 0 fully saturated rings. The summed E-state index contributed by atoms with van der Waals surface area (Å²) in [4.78, 5) is 4.45. The lowest BCUT2D eigenvalue weighted by atomic mass is 9.87. The van der Waals surface area contributed by atoms with Gasteiger partial charge in [0.1, 0.15) is 5.75 Å². The maximum absolute atomic E-state index is 5.34. The third-order valence-electron chi connectivity index (χ3n) is 4.25. The minimum atomic E-state index is 0.254. The predicted molar refractivity (Wildman–Crippen MR) is 84.5 cm³/mol. The number of benzene rings is 1. The first kappa shape index (κ1) is 14.1. The molecule has 3 heteroatoms. The van der Waals surface area contributed by atoms with Crippen LogP contribution in [0.2, 0.25) is 0 Å². The van der Waals surface area contributed by atoms with E-state index in [9.17, 15) is 0 Å². The summed E-state index contributed by atoms with van der Waals surface area (Å²) >= 11 is 0. The number of aryl methyl sites for hydroxylation is 1. The smallest absolute Gasteiger partial charge is 0.119 e. The topological polar surface area (TPSA) is 34.1 Å². The number of ether oxygens (including phenoxy) is 1. The van der Waals surface area contributed by atoms with Crippen molar-refractivity contribution in [2.75, 3.05) is 7.11 Å². The fourth-order valence-electron chi connectivity index (χ4n) is 3.11. The number of hydrogen-bond donors (Lipinski definition) is 1. The van der Waals surface area contributed by atoms with Crippen molar-refractivity contribution >= 4 is 0 Å². The number of nitrogens with one attached hydrogen (secondary N) is 1. The molecule has 0 bridgehead atoms. The van der Waals surface area contributed by atoms with E-state index in [-0.39, 0.29) is 6.04 Å². The normalized spacial score (nSPS) is 18.9. The van der Waals surface area contributed by atoms with Crippen LogP contribution < -0.4 is 10.1 Å². The predicted octanol–water partition coefficient (Wildman–Crippen LogP) is 3.82. The molecule has 3 nitrogen and oxygen atoms in total. The monoisotopic (exact) mass is 282 g/mol. The van der Waals surface area contributed by atoms with Crippen LogP contribution in [0, 0.1) is 0 Å². The molecule has 0 radical (unpaired) electrons. The second-order valence-corrected chi connectivity index (χ2v) is 5.65. The van der Waals surface area contributed by atoms with Crippen molar-refractivity contribution in [1.29, 1.82) is 0 Å². The van der Waals surface area contributed by atoms with Gasteiger partial charge in [-0.05, 0) is 61.6 Å². The number of hydrogen-bond acceptors (Lipinski definition) is 3. The van der Waals surface area contributed by atoms with E-state index >= 15 is 0 Å². The van der Waals surface area contributed by atoms with Crippen LogP contribution in [0.1, 0.15) is 48.7 Å². The SMILES string of the molecule is COc1ccc2c(c1)CCCC2NC(C)c1ccccn1. The van der Waals surface area contributed by atoms with Crippen LogP contribution in [0.25, 0.3) is 0 Å². The van der Waals surface area contributed by atoms with Crippen molar-refractivity contribution in [3.8, 4) is 5.75 Å². The van der Waals surface area contributed by atoms with Gasteiger partial charge in [-0.3, -0.25) is 4.98 Å². The summed E-state index contributed by atoms with van der Waals surface area (Å²) in [6.07, 6.45) is 5.39. The Kier molecular flexibility index (Phi) is 4.20. The summed E-state index contributed by atoms with van der Waals surface area (Å²) in [6.45, 7) is 2.18. The van der Waals surface area contributed by atoms with Crippen molar-refractivity contribution in [3.05, 3.63) is 59.4 Å². The number of nitrogens with zero attached hydrogens (tertiary/aromatic N) is 1. The second kappa shape index (κ2) is 6.27. The Hall–Kier alpha value is -1.87. The van der Waals surface area contributed by atoms with Crippen molar-refractivity contribution in [1.82, 2.24) is 10.3 Å². The van der Waals surface area contributed by atoms with Crippen LogP contribution in [0.15, 0.2) is 42.6 Å². The number of aromatic nitrogens is 1. The molecule has 0 saturated carbocycles. The zero-order valence-corrected chi connectivity index (χ0v) is 12.7. The molecule has 0 saturated heterocycles. The van der Waals surface area contributed by atoms with E-state index in [4.69, 9.17) is 4.74 Å². The van der Waals surface area contributed by atoms with Gasteiger partial charge in [-0.1, -0.05) is 12.1 Å². The Morgan fingerprint density at radius 2 is 2.19 bits per heavy atom. The molecule has 2 unspecified atom stereocenters. The third-order valence-corrected chi connectivity index (χ3v) is 4.25. The molecule has 1 N–H and O–H groups in total. The summed E-state index contributed by atoms with van der Waals surface area (Å²) in [5.41, 5.74) is 3.91. The fraction of sp³-hybridized carbons (Fsp3) is 0.389. The highest BCUT2D eigenvalue weighted by atomic mass is 16.5. The minimum Gasteiger partial charge on any atom is -0.497 e. The van der Waals surface area contributed by atoms with E-state index in [1.165, 1.54) is 24.0 Å². The van der Waals surface area contributed by atoms with Crippen LogP contribution in [0.4, 0.5) is 0 Å². The highest BCUT2D eigenvalue weighted by Gasteiger charge is 2.22. The van der Waals surface area contributed by atoms with E-state index in [1.807, 2.05) is 18.3 Å². The minimum absolute atomic E-state index is 0.254. The van der Waals surface area contributed by atoms with E-state index in [2.05, 4.69) is 41.5 Å². The molecule has 21 heavy (non-hydrogen) atoms. The first-order valence-electron chi connectivity index (χ1n) is 7.61. The molecule has 2 atom stereocenters. The molecule has 2 aromatic rings. The van der Waals surface area contributed by atoms with E-state index in [0.717, 1.165) is 17.9 Å². The Bertz CT molecular complexity index is 597. The van der Waals surface area contributed by atoms with Gasteiger partial charge < -0.3 is 10.1 Å². The molecule has 3 rings (SSSR count). The van der Waals surface area contributed by atoms with Gasteiger partial charge in [-0.2, -0.15) is 0 Å². The molecule has 1 heterocycles. The van der Waals surface area contributed by atoms with Crippen molar-refractivity contribution < 1.29 is 4.74 Å². The lowest BCUT2D eigenvalue weighted by molar-refractivity contribution is 0.400. The Morgan fingerprint density at radius 3 is 2.95 bits per heavy atom. The number of pyridine rings is 1. The van der Waals surface area contributed by atoms with Gasteiger partial charge in [0.05, 0.1) is 12.8 Å². The van der Waals surface area contributed by atoms with Crippen LogP contribution in [-0.2, 0) is 6.42 Å². The molecule has 1 aliphatic rings. The van der Waals surface area contributed by atoms with Gasteiger partial charge in [0.15, 0.2) is 0 Å². The molecule has 1 aliphatic carbocycles. The van der Waals surface area contributed by atoms with Gasteiger partial charge in [-0.15, -0.1) is 0 Å². The summed E-state index contributed by atoms with van der Waals surface area (Å²) in [6, 6.07) is 13.2. The number of fused-ring (bicyclic) bond motifs is 1. The average Bonchev–Trinajstić information content (AvgIpc) is 2.55. The summed E-state index contributed by atoms with van der Waals surface area (Å²) in [7, 11) is 1.73. The zero-order chi connectivity index (χ0) is 14.7. The lowest BCUT2D eigenvalue weighted by Gasteiger charge is -2.29. The molecule has 0 amide bonds. The van der Waals surface area contributed by atoms with Gasteiger partial charge in [0.25, 0.3) is 0 Å². The highest BCUT2D eigenvalue weighted by Crippen LogP contribution is 2.33. The van der Waals surface area contributed by atoms with Crippen molar-refractivity contribution in [2.45, 2.75) is 38.3 Å². The molecule has 0 spiro atoms. The summed E-state index contributed by atoms with van der Waals surface area (Å²) in [5.74, 6) is 0.951. The maximum atomic E-state index is 5.34. The molecular formula is C18H22N2O. The molecule has 1 aromatic carbocycles. The first-order chi connectivity index (χ1) is 10.3. The third kappa shape index (κ3) is 3.08. The molecule has 110 valence electrons. The molecule has 1 aromatic heterocycles. The van der Waals surface area contributed by atoms with Crippen LogP contribution in [0.3, 0.4) is 0 Å². The van der Waals surface area contributed by atoms with Crippen LogP contribution >= 0.6 is 0 Å². The summed E-state index contributed by atoms with van der Waals surface area (Å²) < 4.78 is 5.34. The van der Waals surface area contributed by atoms with Gasteiger partial charge in [-0.25, -0.2) is 0 Å². The second-order valence-electron chi connectivity index (χ2n) is 5.65. The van der Waals surface area contributed by atoms with Gasteiger partial charge in [0.2, 0.25) is 0 Å². The molecular weight excluding hydrogens is 260 g/mol. The maximum Gasteiger partial charge on any atom is 0.119 e. The first-order valence-corrected chi connectivity index (χ1v) is 7.61. The largest absolute Gasteiger partial charge is 0.497 e. The van der Waals surface area contributed by atoms with E-state index in [1.54, 1.807) is 7.11 Å². The van der Waals surface area contributed by atoms with E-state index < -0.39 is 0 Å². The fourth-order valence-corrected chi connectivity index (χ4v) is 3.11. The van der Waals surface area contributed by atoms with Crippen LogP contribution in [0.5, 0.6) is 5.75 Å². The summed E-state index contributed by atoms with van der Waals surface area (Å²) in [5, 5.41) is 3.73. The average molecular weight is 282 g/mol. The Labute approximate surface area is 126 Å².